The van der Waals surface area contributed by atoms with Gasteiger partial charge < -0.3 is 10.6 Å². The summed E-state index contributed by atoms with van der Waals surface area (Å²) in [6.07, 6.45) is 3.53. The van der Waals surface area contributed by atoms with Crippen LogP contribution in [0.5, 0.6) is 0 Å². The summed E-state index contributed by atoms with van der Waals surface area (Å²) in [7, 11) is 0. The third kappa shape index (κ3) is 3.67. The predicted molar refractivity (Wildman–Crippen MR) is 79.3 cm³/mol. The largest absolute Gasteiger partial charge is 0.322 e. The molecule has 0 saturated carbocycles. The molecule has 0 radical (unpaired) electrons. The number of hydrogen-bond donors (Lipinski definition) is 2. The normalized spacial score (nSPS) is 13.9. The Kier molecular flexibility index (Phi) is 4.74. The van der Waals surface area contributed by atoms with Crippen molar-refractivity contribution < 1.29 is 4.79 Å². The maximum Gasteiger partial charge on any atom is 0.251 e. The van der Waals surface area contributed by atoms with Crippen LogP contribution in [-0.2, 0) is 11.2 Å². The third-order valence-electron chi connectivity index (χ3n) is 3.58. The number of anilines is 1. The summed E-state index contributed by atoms with van der Waals surface area (Å²) in [4.78, 5) is 12.0. The second kappa shape index (κ2) is 6.53. The van der Waals surface area contributed by atoms with Crippen LogP contribution < -0.4 is 10.6 Å². The van der Waals surface area contributed by atoms with Gasteiger partial charge in [-0.2, -0.15) is 0 Å². The van der Waals surface area contributed by atoms with Gasteiger partial charge in [-0.15, -0.1) is 0 Å². The van der Waals surface area contributed by atoms with Crippen LogP contribution in [0.2, 0.25) is 0 Å². The van der Waals surface area contributed by atoms with Crippen molar-refractivity contribution in [1.29, 1.82) is 0 Å². The lowest BCUT2D eigenvalue weighted by Crippen LogP contribution is -2.36. The molecule has 0 unspecified atom stereocenters. The molecule has 1 aliphatic rings. The van der Waals surface area contributed by atoms with Crippen LogP contribution in [0.15, 0.2) is 35.4 Å². The number of carbonyl (C=O) groups is 1. The number of benzene rings is 1. The van der Waals surface area contributed by atoms with Crippen molar-refractivity contribution in [2.75, 3.05) is 18.4 Å². The van der Waals surface area contributed by atoms with E-state index >= 15 is 0 Å². The van der Waals surface area contributed by atoms with Crippen LogP contribution >= 0.6 is 0 Å². The van der Waals surface area contributed by atoms with E-state index in [-0.39, 0.29) is 5.91 Å². The van der Waals surface area contributed by atoms with Crippen LogP contribution in [0.25, 0.3) is 0 Å². The molecule has 1 aliphatic heterocycles. The Hall–Kier alpha value is -1.61. The Morgan fingerprint density at radius 3 is 2.47 bits per heavy atom. The number of unbranched alkanes of at least 4 members (excludes halogenated alkanes) is 1. The Labute approximate surface area is 115 Å². The molecule has 0 aromatic heterocycles. The van der Waals surface area contributed by atoms with Gasteiger partial charge in [-0.25, -0.2) is 0 Å². The first kappa shape index (κ1) is 13.8. The molecular weight excluding hydrogens is 236 g/mol. The fraction of sp³-hybridized carbons (Fsp3) is 0.438. The molecule has 0 bridgehead atoms. The highest BCUT2D eigenvalue weighted by Crippen LogP contribution is 2.15. The first-order chi connectivity index (χ1) is 9.20. The molecule has 2 rings (SSSR count). The van der Waals surface area contributed by atoms with Crippen molar-refractivity contribution >= 4 is 11.6 Å². The summed E-state index contributed by atoms with van der Waals surface area (Å²) in [6.45, 7) is 5.77. The molecule has 1 amide bonds. The van der Waals surface area contributed by atoms with Gasteiger partial charge in [0.2, 0.25) is 0 Å². The van der Waals surface area contributed by atoms with E-state index < -0.39 is 0 Å². The fourth-order valence-corrected chi connectivity index (χ4v) is 2.04. The van der Waals surface area contributed by atoms with Crippen molar-refractivity contribution in [3.63, 3.8) is 0 Å². The molecule has 19 heavy (non-hydrogen) atoms. The number of carbonyl (C=O) groups excluding carboxylic acids is 1. The summed E-state index contributed by atoms with van der Waals surface area (Å²) >= 11 is 0. The molecule has 1 saturated heterocycles. The van der Waals surface area contributed by atoms with Crippen LogP contribution in [0.1, 0.15) is 32.3 Å². The van der Waals surface area contributed by atoms with Gasteiger partial charge in [-0.05, 0) is 43.0 Å². The Bertz CT molecular complexity index is 468. The van der Waals surface area contributed by atoms with Crippen LogP contribution in [-0.4, -0.2) is 19.0 Å². The monoisotopic (exact) mass is 258 g/mol. The lowest BCUT2D eigenvalue weighted by Gasteiger charge is -2.21. The van der Waals surface area contributed by atoms with E-state index in [1.54, 1.807) is 0 Å². The lowest BCUT2D eigenvalue weighted by atomic mass is 10.0. The zero-order valence-electron chi connectivity index (χ0n) is 11.8. The summed E-state index contributed by atoms with van der Waals surface area (Å²) in [5.74, 6) is 0.0119. The Morgan fingerprint density at radius 1 is 1.26 bits per heavy atom. The first-order valence-corrected chi connectivity index (χ1v) is 7.00. The average molecular weight is 258 g/mol. The Balaban J connectivity index is 1.93. The molecule has 2 N–H and O–H groups in total. The molecule has 0 atom stereocenters. The van der Waals surface area contributed by atoms with E-state index in [4.69, 9.17) is 0 Å². The molecule has 1 heterocycles. The molecule has 1 aromatic rings. The summed E-state index contributed by atoms with van der Waals surface area (Å²) in [5, 5.41) is 6.10. The molecule has 102 valence electrons. The number of aryl methyl sites for hydroxylation is 1. The van der Waals surface area contributed by atoms with Crippen LogP contribution in [0, 0.1) is 0 Å². The quantitative estimate of drug-likeness (QED) is 0.797. The summed E-state index contributed by atoms with van der Waals surface area (Å²) in [6, 6.07) is 8.16. The van der Waals surface area contributed by atoms with E-state index in [1.807, 2.05) is 19.1 Å². The predicted octanol–water partition coefficient (Wildman–Crippen LogP) is 2.89. The average Bonchev–Trinajstić information content (AvgIpc) is 2.36. The number of hydrogen-bond acceptors (Lipinski definition) is 2. The summed E-state index contributed by atoms with van der Waals surface area (Å²) < 4.78 is 0. The minimum absolute atomic E-state index is 0.0119. The number of amides is 1. The van der Waals surface area contributed by atoms with E-state index in [9.17, 15) is 4.79 Å². The second-order valence-electron chi connectivity index (χ2n) is 5.09. The van der Waals surface area contributed by atoms with Crippen molar-refractivity contribution in [2.24, 2.45) is 0 Å². The highest BCUT2D eigenvalue weighted by Gasteiger charge is 2.15. The smallest absolute Gasteiger partial charge is 0.251 e. The Morgan fingerprint density at radius 2 is 1.95 bits per heavy atom. The molecule has 0 aliphatic carbocycles. The zero-order chi connectivity index (χ0) is 13.7. The van der Waals surface area contributed by atoms with Gasteiger partial charge in [0, 0.05) is 24.4 Å². The van der Waals surface area contributed by atoms with Crippen LogP contribution in [0.4, 0.5) is 5.69 Å². The molecule has 3 nitrogen and oxygen atoms in total. The number of rotatable bonds is 5. The van der Waals surface area contributed by atoms with E-state index in [2.05, 4.69) is 29.7 Å². The molecule has 3 heteroatoms. The van der Waals surface area contributed by atoms with E-state index in [0.29, 0.717) is 0 Å². The van der Waals surface area contributed by atoms with Crippen molar-refractivity contribution in [1.82, 2.24) is 5.32 Å². The van der Waals surface area contributed by atoms with Gasteiger partial charge in [0.25, 0.3) is 5.91 Å². The fourth-order valence-electron chi connectivity index (χ4n) is 2.04. The van der Waals surface area contributed by atoms with Gasteiger partial charge in [-0.1, -0.05) is 25.5 Å². The first-order valence-electron chi connectivity index (χ1n) is 7.00. The minimum Gasteiger partial charge on any atom is -0.322 e. The van der Waals surface area contributed by atoms with E-state index in [1.165, 1.54) is 24.0 Å². The lowest BCUT2D eigenvalue weighted by molar-refractivity contribution is -0.112. The van der Waals surface area contributed by atoms with Crippen LogP contribution in [0.3, 0.4) is 0 Å². The van der Waals surface area contributed by atoms with E-state index in [0.717, 1.165) is 30.8 Å². The standard InChI is InChI=1S/C16H22N2O/c1-3-4-5-13-6-8-15(9-7-13)18-16(19)12(2)14-10-17-11-14/h6-9,17H,3-5,10-11H2,1-2H3,(H,18,19). The van der Waals surface area contributed by atoms with Gasteiger partial charge in [0.15, 0.2) is 0 Å². The van der Waals surface area contributed by atoms with Crippen molar-refractivity contribution in [2.45, 2.75) is 33.1 Å². The topological polar surface area (TPSA) is 41.1 Å². The highest BCUT2D eigenvalue weighted by molar-refractivity contribution is 6.04. The molecule has 1 fully saturated rings. The summed E-state index contributed by atoms with van der Waals surface area (Å²) in [5.41, 5.74) is 4.25. The maximum absolute atomic E-state index is 12.0. The van der Waals surface area contributed by atoms with Gasteiger partial charge in [0.1, 0.15) is 0 Å². The van der Waals surface area contributed by atoms with Crippen molar-refractivity contribution in [3.05, 3.63) is 41.0 Å². The van der Waals surface area contributed by atoms with Crippen molar-refractivity contribution in [3.8, 4) is 0 Å². The molecule has 1 aromatic carbocycles. The molecule has 0 spiro atoms. The molecular formula is C16H22N2O. The van der Waals surface area contributed by atoms with Gasteiger partial charge in [-0.3, -0.25) is 4.79 Å². The highest BCUT2D eigenvalue weighted by atomic mass is 16.1. The maximum atomic E-state index is 12.0. The number of nitrogens with one attached hydrogen (secondary N) is 2. The second-order valence-corrected chi connectivity index (χ2v) is 5.09. The van der Waals surface area contributed by atoms with Gasteiger partial charge in [0.05, 0.1) is 0 Å². The zero-order valence-corrected chi connectivity index (χ0v) is 11.8. The van der Waals surface area contributed by atoms with Gasteiger partial charge >= 0.3 is 0 Å². The SMILES string of the molecule is CCCCc1ccc(NC(=O)C(C)=C2CNC2)cc1. The third-order valence-corrected chi connectivity index (χ3v) is 3.58. The minimum atomic E-state index is 0.0119.